The highest BCUT2D eigenvalue weighted by atomic mass is 16.7. The van der Waals surface area contributed by atoms with Crippen LogP contribution in [-0.2, 0) is 14.4 Å². The summed E-state index contributed by atoms with van der Waals surface area (Å²) >= 11 is 0. The molecule has 2 atom stereocenters. The Morgan fingerprint density at radius 2 is 1.93 bits per heavy atom. The molecule has 1 fully saturated rings. The average Bonchev–Trinajstić information content (AvgIpc) is 3.24. The van der Waals surface area contributed by atoms with E-state index in [0.29, 0.717) is 17.0 Å². The number of rotatable bonds is 4. The molecular weight excluding hydrogens is 350 g/mol. The molecule has 8 heteroatoms. The van der Waals surface area contributed by atoms with Crippen LogP contribution in [0.5, 0.6) is 5.75 Å². The molecule has 2 aliphatic rings. The Hall–Kier alpha value is -3.68. The zero-order chi connectivity index (χ0) is 19.0. The molecule has 8 nitrogen and oxygen atoms in total. The van der Waals surface area contributed by atoms with E-state index in [9.17, 15) is 14.8 Å². The number of anilines is 1. The van der Waals surface area contributed by atoms with Gasteiger partial charge >= 0.3 is 0 Å². The molecule has 27 heavy (non-hydrogen) atoms. The highest BCUT2D eigenvalue weighted by Crippen LogP contribution is 2.34. The summed E-state index contributed by atoms with van der Waals surface area (Å²) in [5.41, 5.74) is 1.09. The number of hydrogen-bond donors (Lipinski definition) is 1. The quantitative estimate of drug-likeness (QED) is 0.385. The SMILES string of the molecule is COc1cccc(/C(=N/O)C2=NO[C@H]3C(=O)N(c4ccccc4)C(=O)[C@@H]23)c1. The molecule has 0 spiro atoms. The molecule has 2 aromatic carbocycles. The van der Waals surface area contributed by atoms with Crippen molar-refractivity contribution in [2.24, 2.45) is 16.2 Å². The van der Waals surface area contributed by atoms with Gasteiger partial charge < -0.3 is 14.8 Å². The maximum Gasteiger partial charge on any atom is 0.278 e. The normalized spacial score (nSPS) is 21.7. The third kappa shape index (κ3) is 2.62. The fourth-order valence-corrected chi connectivity index (χ4v) is 3.23. The van der Waals surface area contributed by atoms with Crippen molar-refractivity contribution in [3.05, 3.63) is 60.2 Å². The van der Waals surface area contributed by atoms with E-state index in [4.69, 9.17) is 9.57 Å². The summed E-state index contributed by atoms with van der Waals surface area (Å²) in [4.78, 5) is 32.0. The van der Waals surface area contributed by atoms with Gasteiger partial charge in [0, 0.05) is 5.56 Å². The van der Waals surface area contributed by atoms with Crippen molar-refractivity contribution in [2.45, 2.75) is 6.10 Å². The number of benzene rings is 2. The topological polar surface area (TPSA) is 101 Å². The Morgan fingerprint density at radius 3 is 2.63 bits per heavy atom. The molecule has 0 unspecified atom stereocenters. The minimum atomic E-state index is -1.07. The molecule has 136 valence electrons. The van der Waals surface area contributed by atoms with Crippen LogP contribution < -0.4 is 9.64 Å². The second-order valence-electron chi connectivity index (χ2n) is 6.01. The Balaban J connectivity index is 1.70. The van der Waals surface area contributed by atoms with Gasteiger partial charge in [-0.3, -0.25) is 9.59 Å². The molecule has 1 N–H and O–H groups in total. The van der Waals surface area contributed by atoms with Crippen molar-refractivity contribution in [1.29, 1.82) is 0 Å². The van der Waals surface area contributed by atoms with Gasteiger partial charge in [-0.05, 0) is 24.3 Å². The molecule has 1 saturated heterocycles. The minimum Gasteiger partial charge on any atom is -0.497 e. The van der Waals surface area contributed by atoms with E-state index in [1.54, 1.807) is 54.6 Å². The van der Waals surface area contributed by atoms with E-state index in [2.05, 4.69) is 10.3 Å². The lowest BCUT2D eigenvalue weighted by molar-refractivity contribution is -0.126. The lowest BCUT2D eigenvalue weighted by Crippen LogP contribution is -2.34. The van der Waals surface area contributed by atoms with Crippen LogP contribution in [0.3, 0.4) is 0 Å². The van der Waals surface area contributed by atoms with Crippen LogP contribution in [0.1, 0.15) is 5.56 Å². The van der Waals surface area contributed by atoms with E-state index in [1.807, 2.05) is 0 Å². The summed E-state index contributed by atoms with van der Waals surface area (Å²) in [5.74, 6) is -1.41. The van der Waals surface area contributed by atoms with Crippen LogP contribution in [0.4, 0.5) is 5.69 Å². The number of fused-ring (bicyclic) bond motifs is 1. The van der Waals surface area contributed by atoms with Gasteiger partial charge in [-0.1, -0.05) is 40.6 Å². The van der Waals surface area contributed by atoms with Gasteiger partial charge in [0.25, 0.3) is 5.91 Å². The van der Waals surface area contributed by atoms with E-state index >= 15 is 0 Å². The predicted octanol–water partition coefficient (Wildman–Crippen LogP) is 1.82. The molecular formula is C19H15N3O5. The van der Waals surface area contributed by atoms with Gasteiger partial charge in [-0.2, -0.15) is 0 Å². The van der Waals surface area contributed by atoms with Crippen molar-refractivity contribution >= 4 is 28.9 Å². The molecule has 2 aromatic rings. The Kier molecular flexibility index (Phi) is 4.08. The number of methoxy groups -OCH3 is 1. The van der Waals surface area contributed by atoms with Crippen molar-refractivity contribution in [2.75, 3.05) is 12.0 Å². The van der Waals surface area contributed by atoms with Gasteiger partial charge in [-0.25, -0.2) is 4.90 Å². The van der Waals surface area contributed by atoms with Gasteiger partial charge in [0.15, 0.2) is 0 Å². The van der Waals surface area contributed by atoms with E-state index < -0.39 is 23.8 Å². The summed E-state index contributed by atoms with van der Waals surface area (Å²) in [6, 6.07) is 15.4. The number of carbonyl (C=O) groups is 2. The Morgan fingerprint density at radius 1 is 1.15 bits per heavy atom. The number of ether oxygens (including phenoxy) is 1. The molecule has 0 aliphatic carbocycles. The highest BCUT2D eigenvalue weighted by molar-refractivity contribution is 6.54. The van der Waals surface area contributed by atoms with Crippen LogP contribution in [0.25, 0.3) is 0 Å². The average molecular weight is 365 g/mol. The fourth-order valence-electron chi connectivity index (χ4n) is 3.23. The predicted molar refractivity (Wildman–Crippen MR) is 96.1 cm³/mol. The fraction of sp³-hybridized carbons (Fsp3) is 0.158. The van der Waals surface area contributed by atoms with Crippen LogP contribution in [0.15, 0.2) is 64.9 Å². The second-order valence-corrected chi connectivity index (χ2v) is 6.01. The van der Waals surface area contributed by atoms with Gasteiger partial charge in [0.2, 0.25) is 12.0 Å². The molecule has 2 amide bonds. The molecule has 2 aliphatic heterocycles. The van der Waals surface area contributed by atoms with Crippen molar-refractivity contribution in [1.82, 2.24) is 0 Å². The van der Waals surface area contributed by atoms with Crippen molar-refractivity contribution in [3.63, 3.8) is 0 Å². The lowest BCUT2D eigenvalue weighted by Gasteiger charge is -2.15. The number of carbonyl (C=O) groups excluding carboxylic acids is 2. The zero-order valence-corrected chi connectivity index (χ0v) is 14.3. The van der Waals surface area contributed by atoms with Crippen molar-refractivity contribution in [3.8, 4) is 5.75 Å². The Bertz CT molecular complexity index is 970. The van der Waals surface area contributed by atoms with Crippen molar-refractivity contribution < 1.29 is 24.4 Å². The van der Waals surface area contributed by atoms with Crippen LogP contribution in [-0.4, -0.2) is 41.7 Å². The van der Waals surface area contributed by atoms with Crippen LogP contribution >= 0.6 is 0 Å². The summed E-state index contributed by atoms with van der Waals surface area (Å²) in [6.45, 7) is 0. The number of hydrogen-bond acceptors (Lipinski definition) is 7. The largest absolute Gasteiger partial charge is 0.497 e. The first-order valence-corrected chi connectivity index (χ1v) is 8.19. The molecule has 0 aromatic heterocycles. The van der Waals surface area contributed by atoms with Crippen LogP contribution in [0.2, 0.25) is 0 Å². The maximum atomic E-state index is 13.0. The molecule has 2 heterocycles. The molecule has 0 saturated carbocycles. The first-order valence-electron chi connectivity index (χ1n) is 8.19. The number of imide groups is 1. The summed E-state index contributed by atoms with van der Waals surface area (Å²) in [6.07, 6.45) is -1.07. The van der Waals surface area contributed by atoms with E-state index in [-0.39, 0.29) is 11.4 Å². The third-order valence-corrected chi connectivity index (χ3v) is 4.51. The third-order valence-electron chi connectivity index (χ3n) is 4.51. The second kappa shape index (κ2) is 6.56. The smallest absolute Gasteiger partial charge is 0.278 e. The number of amides is 2. The highest BCUT2D eigenvalue weighted by Gasteiger charge is 2.57. The maximum absolute atomic E-state index is 13.0. The first-order chi connectivity index (χ1) is 13.2. The summed E-state index contributed by atoms with van der Waals surface area (Å²) in [5, 5.41) is 16.7. The number of oxime groups is 2. The molecule has 0 bridgehead atoms. The zero-order valence-electron chi connectivity index (χ0n) is 14.3. The summed E-state index contributed by atoms with van der Waals surface area (Å²) in [7, 11) is 1.51. The van der Waals surface area contributed by atoms with Crippen LogP contribution in [0, 0.1) is 5.92 Å². The van der Waals surface area contributed by atoms with Gasteiger partial charge in [-0.15, -0.1) is 0 Å². The monoisotopic (exact) mass is 365 g/mol. The number of para-hydroxylation sites is 1. The first kappa shape index (κ1) is 16.8. The molecule has 4 rings (SSSR count). The van der Waals surface area contributed by atoms with E-state index in [1.165, 1.54) is 7.11 Å². The standard InChI is InChI=1S/C19H15N3O5/c1-26-13-9-5-6-11(10-13)15(20-25)16-14-17(27-21-16)19(24)22(18(14)23)12-7-3-2-4-8-12/h2-10,14,17,25H,1H3/b20-15-/t14-,17+/m0/s1. The minimum absolute atomic E-state index is 0.0532. The lowest BCUT2D eigenvalue weighted by atomic mass is 9.92. The van der Waals surface area contributed by atoms with Gasteiger partial charge in [0.05, 0.1) is 12.8 Å². The Labute approximate surface area is 154 Å². The van der Waals surface area contributed by atoms with E-state index in [0.717, 1.165) is 4.90 Å². The number of nitrogens with zero attached hydrogens (tertiary/aromatic N) is 3. The molecule has 0 radical (unpaired) electrons. The van der Waals surface area contributed by atoms with Gasteiger partial charge in [0.1, 0.15) is 23.1 Å². The summed E-state index contributed by atoms with van der Waals surface area (Å²) < 4.78 is 5.17.